The first-order valence-electron chi connectivity index (χ1n) is 7.46. The van der Waals surface area contributed by atoms with Crippen molar-refractivity contribution in [3.8, 4) is 0 Å². The van der Waals surface area contributed by atoms with Gasteiger partial charge in [-0.05, 0) is 35.9 Å². The van der Waals surface area contributed by atoms with Crippen LogP contribution in [0.3, 0.4) is 0 Å². The van der Waals surface area contributed by atoms with Crippen molar-refractivity contribution < 1.29 is 14.4 Å². The van der Waals surface area contributed by atoms with E-state index in [0.29, 0.717) is 23.4 Å². The average molecular weight is 325 g/mol. The van der Waals surface area contributed by atoms with Crippen LogP contribution in [0.1, 0.15) is 33.2 Å². The van der Waals surface area contributed by atoms with Crippen molar-refractivity contribution in [1.82, 2.24) is 10.6 Å². The van der Waals surface area contributed by atoms with E-state index in [-0.39, 0.29) is 17.7 Å². The van der Waals surface area contributed by atoms with Crippen LogP contribution in [-0.4, -0.2) is 24.8 Å². The number of benzene rings is 2. The third-order valence-corrected chi connectivity index (χ3v) is 3.34. The zero-order valence-corrected chi connectivity index (χ0v) is 13.6. The maximum Gasteiger partial charge on any atom is 0.251 e. The molecule has 124 valence electrons. The van der Waals surface area contributed by atoms with Crippen LogP contribution in [0.2, 0.25) is 0 Å². The Bertz CT molecular complexity index is 754. The van der Waals surface area contributed by atoms with Crippen molar-refractivity contribution in [2.24, 2.45) is 0 Å². The van der Waals surface area contributed by atoms with Gasteiger partial charge in [0, 0.05) is 37.3 Å². The molecule has 6 heteroatoms. The molecule has 2 rings (SSSR count). The summed E-state index contributed by atoms with van der Waals surface area (Å²) in [6.07, 6.45) is 0. The van der Waals surface area contributed by atoms with Gasteiger partial charge in [0.05, 0.1) is 0 Å². The molecule has 3 amide bonds. The Kier molecular flexibility index (Phi) is 5.68. The van der Waals surface area contributed by atoms with Gasteiger partial charge >= 0.3 is 0 Å². The molecule has 0 unspecified atom stereocenters. The second-order valence-electron chi connectivity index (χ2n) is 5.22. The first kappa shape index (κ1) is 17.2. The number of hydrogen-bond donors (Lipinski definition) is 3. The third kappa shape index (κ3) is 4.67. The highest BCUT2D eigenvalue weighted by Crippen LogP contribution is 2.11. The van der Waals surface area contributed by atoms with Crippen LogP contribution in [-0.2, 0) is 11.3 Å². The SMILES string of the molecule is CNC(=O)c1ccc(CNC(=O)c2cccc(NC(C)=O)c2)cc1. The van der Waals surface area contributed by atoms with Crippen LogP contribution < -0.4 is 16.0 Å². The van der Waals surface area contributed by atoms with Gasteiger partial charge in [0.1, 0.15) is 0 Å². The van der Waals surface area contributed by atoms with Gasteiger partial charge in [-0.2, -0.15) is 0 Å². The Hall–Kier alpha value is -3.15. The van der Waals surface area contributed by atoms with Gasteiger partial charge in [-0.25, -0.2) is 0 Å². The minimum Gasteiger partial charge on any atom is -0.355 e. The zero-order valence-electron chi connectivity index (χ0n) is 13.6. The van der Waals surface area contributed by atoms with E-state index in [1.165, 1.54) is 6.92 Å². The molecule has 24 heavy (non-hydrogen) atoms. The summed E-state index contributed by atoms with van der Waals surface area (Å²) in [4.78, 5) is 34.7. The minimum atomic E-state index is -0.238. The molecule has 0 bridgehead atoms. The van der Waals surface area contributed by atoms with Gasteiger partial charge in [-0.1, -0.05) is 18.2 Å². The maximum atomic E-state index is 12.2. The molecule has 3 N–H and O–H groups in total. The number of hydrogen-bond acceptors (Lipinski definition) is 3. The molecule has 0 aliphatic rings. The number of carbonyl (C=O) groups excluding carboxylic acids is 3. The van der Waals surface area contributed by atoms with Crippen molar-refractivity contribution in [1.29, 1.82) is 0 Å². The smallest absolute Gasteiger partial charge is 0.251 e. The Morgan fingerprint density at radius 2 is 1.62 bits per heavy atom. The second kappa shape index (κ2) is 7.92. The molecule has 0 saturated heterocycles. The topological polar surface area (TPSA) is 87.3 Å². The molecule has 0 radical (unpaired) electrons. The van der Waals surface area contributed by atoms with Crippen molar-refractivity contribution in [2.75, 3.05) is 12.4 Å². The highest BCUT2D eigenvalue weighted by Gasteiger charge is 2.07. The van der Waals surface area contributed by atoms with Gasteiger partial charge in [-0.15, -0.1) is 0 Å². The van der Waals surface area contributed by atoms with E-state index in [9.17, 15) is 14.4 Å². The summed E-state index contributed by atoms with van der Waals surface area (Å²) in [6.45, 7) is 1.76. The number of nitrogens with one attached hydrogen (secondary N) is 3. The summed E-state index contributed by atoms with van der Waals surface area (Å²) in [5.74, 6) is -0.582. The third-order valence-electron chi connectivity index (χ3n) is 3.34. The summed E-state index contributed by atoms with van der Waals surface area (Å²) >= 11 is 0. The van der Waals surface area contributed by atoms with E-state index >= 15 is 0 Å². The predicted octanol–water partition coefficient (Wildman–Crippen LogP) is 1.93. The summed E-state index contributed by atoms with van der Waals surface area (Å²) in [6, 6.07) is 13.7. The summed E-state index contributed by atoms with van der Waals surface area (Å²) in [5.41, 5.74) is 2.48. The lowest BCUT2D eigenvalue weighted by molar-refractivity contribution is -0.114. The fourth-order valence-electron chi connectivity index (χ4n) is 2.14. The van der Waals surface area contributed by atoms with Gasteiger partial charge in [0.15, 0.2) is 0 Å². The molecule has 0 atom stereocenters. The zero-order chi connectivity index (χ0) is 17.5. The summed E-state index contributed by atoms with van der Waals surface area (Å²) in [5, 5.41) is 8.00. The standard InChI is InChI=1S/C18H19N3O3/c1-12(22)21-16-5-3-4-15(10-16)18(24)20-11-13-6-8-14(9-7-13)17(23)19-2/h3-10H,11H2,1-2H3,(H,19,23)(H,20,24)(H,21,22). The first-order valence-corrected chi connectivity index (χ1v) is 7.46. The lowest BCUT2D eigenvalue weighted by Gasteiger charge is -2.08. The molecule has 0 saturated carbocycles. The van der Waals surface area contributed by atoms with E-state index in [4.69, 9.17) is 0 Å². The van der Waals surface area contributed by atoms with Crippen LogP contribution in [0.4, 0.5) is 5.69 Å². The fourth-order valence-corrected chi connectivity index (χ4v) is 2.14. The maximum absolute atomic E-state index is 12.2. The molecule has 2 aromatic carbocycles. The Balaban J connectivity index is 1.97. The second-order valence-corrected chi connectivity index (χ2v) is 5.22. The molecular formula is C18H19N3O3. The average Bonchev–Trinajstić information content (AvgIpc) is 2.59. The first-order chi connectivity index (χ1) is 11.5. The monoisotopic (exact) mass is 325 g/mol. The quantitative estimate of drug-likeness (QED) is 0.785. The Morgan fingerprint density at radius 1 is 0.917 bits per heavy atom. The molecular weight excluding hydrogens is 306 g/mol. The van der Waals surface area contributed by atoms with Crippen LogP contribution in [0.15, 0.2) is 48.5 Å². The highest BCUT2D eigenvalue weighted by atomic mass is 16.2. The van der Waals surface area contributed by atoms with E-state index in [1.807, 2.05) is 0 Å². The molecule has 0 heterocycles. The lowest BCUT2D eigenvalue weighted by Crippen LogP contribution is -2.23. The number of anilines is 1. The van der Waals surface area contributed by atoms with Crippen LogP contribution in [0.25, 0.3) is 0 Å². The van der Waals surface area contributed by atoms with Gasteiger partial charge in [-0.3, -0.25) is 14.4 Å². The molecule has 0 aliphatic heterocycles. The molecule has 6 nitrogen and oxygen atoms in total. The Morgan fingerprint density at radius 3 is 2.25 bits per heavy atom. The summed E-state index contributed by atoms with van der Waals surface area (Å²) < 4.78 is 0. The van der Waals surface area contributed by atoms with Crippen LogP contribution in [0.5, 0.6) is 0 Å². The fraction of sp³-hybridized carbons (Fsp3) is 0.167. The van der Waals surface area contributed by atoms with Gasteiger partial charge in [0.25, 0.3) is 11.8 Å². The predicted molar refractivity (Wildman–Crippen MR) is 91.7 cm³/mol. The van der Waals surface area contributed by atoms with Crippen molar-refractivity contribution in [2.45, 2.75) is 13.5 Å². The minimum absolute atomic E-state index is 0.152. The lowest BCUT2D eigenvalue weighted by atomic mass is 10.1. The number of carbonyl (C=O) groups is 3. The number of rotatable bonds is 5. The summed E-state index contributed by atoms with van der Waals surface area (Å²) in [7, 11) is 1.57. The molecule has 0 aliphatic carbocycles. The van der Waals surface area contributed by atoms with Crippen molar-refractivity contribution in [3.05, 3.63) is 65.2 Å². The number of amides is 3. The van der Waals surface area contributed by atoms with Gasteiger partial charge < -0.3 is 16.0 Å². The Labute approximate surface area is 140 Å². The van der Waals surface area contributed by atoms with Crippen molar-refractivity contribution >= 4 is 23.4 Å². The van der Waals surface area contributed by atoms with Crippen molar-refractivity contribution in [3.63, 3.8) is 0 Å². The highest BCUT2D eigenvalue weighted by molar-refractivity contribution is 5.97. The largest absolute Gasteiger partial charge is 0.355 e. The molecule has 0 spiro atoms. The molecule has 2 aromatic rings. The normalized spacial score (nSPS) is 9.92. The van der Waals surface area contributed by atoms with E-state index in [0.717, 1.165) is 5.56 Å². The molecule has 0 fully saturated rings. The van der Waals surface area contributed by atoms with E-state index < -0.39 is 0 Å². The molecule has 0 aromatic heterocycles. The van der Waals surface area contributed by atoms with Crippen LogP contribution in [0, 0.1) is 0 Å². The van der Waals surface area contributed by atoms with E-state index in [1.54, 1.807) is 55.6 Å². The van der Waals surface area contributed by atoms with Crippen LogP contribution >= 0.6 is 0 Å². The van der Waals surface area contributed by atoms with E-state index in [2.05, 4.69) is 16.0 Å². The van der Waals surface area contributed by atoms with Gasteiger partial charge in [0.2, 0.25) is 5.91 Å².